The maximum atomic E-state index is 12.2. The Morgan fingerprint density at radius 2 is 1.88 bits per heavy atom. The highest BCUT2D eigenvalue weighted by Gasteiger charge is 2.38. The number of piperidine rings is 1. The average Bonchev–Trinajstić information content (AvgIpc) is 2.71. The summed E-state index contributed by atoms with van der Waals surface area (Å²) in [4.78, 5) is 25.0. The molecule has 0 radical (unpaired) electrons. The first-order valence-corrected chi connectivity index (χ1v) is 6.32. The minimum atomic E-state index is -0.780. The quantitative estimate of drug-likeness (QED) is 0.721. The van der Waals surface area contributed by atoms with E-state index in [9.17, 15) is 9.59 Å². The zero-order chi connectivity index (χ0) is 12.4. The van der Waals surface area contributed by atoms with E-state index in [1.807, 2.05) is 6.92 Å². The summed E-state index contributed by atoms with van der Waals surface area (Å²) in [6.45, 7) is 4.68. The van der Waals surface area contributed by atoms with Gasteiger partial charge >= 0.3 is 5.97 Å². The van der Waals surface area contributed by atoms with Gasteiger partial charge in [0.1, 0.15) is 0 Å². The molecule has 2 atom stereocenters. The number of amides is 1. The lowest BCUT2D eigenvalue weighted by molar-refractivity contribution is -0.142. The third-order valence-corrected chi connectivity index (χ3v) is 3.93. The second kappa shape index (κ2) is 5.04. The second-order valence-corrected chi connectivity index (χ2v) is 5.19. The Bertz CT molecular complexity index is 313. The smallest absolute Gasteiger partial charge is 0.308 e. The molecule has 0 saturated carbocycles. The number of carboxylic acid groups (broad SMARTS) is 1. The summed E-state index contributed by atoms with van der Waals surface area (Å²) in [6.07, 6.45) is 1.75. The van der Waals surface area contributed by atoms with Crippen LogP contribution >= 0.6 is 0 Å². The number of nitrogens with zero attached hydrogens (tertiary/aromatic N) is 1. The Morgan fingerprint density at radius 3 is 2.41 bits per heavy atom. The normalized spacial score (nSPS) is 30.5. The summed E-state index contributed by atoms with van der Waals surface area (Å²) >= 11 is 0. The molecule has 0 spiro atoms. The standard InChI is InChI=1S/C12H20N2O3/c1-8-6-14(7-10(8)12(16)17)11(15)9-2-4-13-5-3-9/h8-10,13H,2-7H2,1H3,(H,16,17). The number of carbonyl (C=O) groups is 2. The van der Waals surface area contributed by atoms with Crippen molar-refractivity contribution in [2.75, 3.05) is 26.2 Å². The molecule has 96 valence electrons. The molecule has 2 rings (SSSR count). The first-order valence-electron chi connectivity index (χ1n) is 6.32. The summed E-state index contributed by atoms with van der Waals surface area (Å²) in [6, 6.07) is 0. The van der Waals surface area contributed by atoms with E-state index in [2.05, 4.69) is 5.32 Å². The molecule has 0 aromatic carbocycles. The summed E-state index contributed by atoms with van der Waals surface area (Å²) < 4.78 is 0. The van der Waals surface area contributed by atoms with Gasteiger partial charge in [0.2, 0.25) is 5.91 Å². The summed E-state index contributed by atoms with van der Waals surface area (Å²) in [5.41, 5.74) is 0. The molecule has 2 saturated heterocycles. The van der Waals surface area contributed by atoms with Gasteiger partial charge in [-0.25, -0.2) is 0 Å². The Kier molecular flexibility index (Phi) is 3.66. The Morgan fingerprint density at radius 1 is 1.24 bits per heavy atom. The number of nitrogens with one attached hydrogen (secondary N) is 1. The van der Waals surface area contributed by atoms with E-state index in [0.717, 1.165) is 25.9 Å². The first kappa shape index (κ1) is 12.4. The van der Waals surface area contributed by atoms with Gasteiger partial charge in [0.15, 0.2) is 0 Å². The van der Waals surface area contributed by atoms with Gasteiger partial charge in [-0.1, -0.05) is 6.92 Å². The van der Waals surface area contributed by atoms with E-state index in [0.29, 0.717) is 13.1 Å². The van der Waals surface area contributed by atoms with Crippen LogP contribution in [0.5, 0.6) is 0 Å². The van der Waals surface area contributed by atoms with Crippen LogP contribution in [-0.4, -0.2) is 48.1 Å². The van der Waals surface area contributed by atoms with Crippen molar-refractivity contribution in [1.29, 1.82) is 0 Å². The van der Waals surface area contributed by atoms with Crippen LogP contribution in [0, 0.1) is 17.8 Å². The topological polar surface area (TPSA) is 69.6 Å². The number of carboxylic acids is 1. The highest BCUT2D eigenvalue weighted by atomic mass is 16.4. The van der Waals surface area contributed by atoms with E-state index >= 15 is 0 Å². The van der Waals surface area contributed by atoms with E-state index in [-0.39, 0.29) is 23.7 Å². The van der Waals surface area contributed by atoms with Crippen molar-refractivity contribution >= 4 is 11.9 Å². The monoisotopic (exact) mass is 240 g/mol. The molecule has 2 aliphatic rings. The van der Waals surface area contributed by atoms with Crippen molar-refractivity contribution in [2.24, 2.45) is 17.8 Å². The molecule has 2 unspecified atom stereocenters. The summed E-state index contributed by atoms with van der Waals surface area (Å²) in [5, 5.41) is 12.3. The molecule has 2 heterocycles. The third-order valence-electron chi connectivity index (χ3n) is 3.93. The summed E-state index contributed by atoms with van der Waals surface area (Å²) in [5.74, 6) is -0.852. The fourth-order valence-electron chi connectivity index (χ4n) is 2.80. The number of hydrogen-bond donors (Lipinski definition) is 2. The van der Waals surface area contributed by atoms with Gasteiger partial charge in [0.05, 0.1) is 5.92 Å². The SMILES string of the molecule is CC1CN(C(=O)C2CCNCC2)CC1C(=O)O. The fourth-order valence-corrected chi connectivity index (χ4v) is 2.80. The maximum absolute atomic E-state index is 12.2. The van der Waals surface area contributed by atoms with Gasteiger partial charge in [-0.15, -0.1) is 0 Å². The number of rotatable bonds is 2. The first-order chi connectivity index (χ1) is 8.09. The van der Waals surface area contributed by atoms with Crippen LogP contribution in [0.1, 0.15) is 19.8 Å². The largest absolute Gasteiger partial charge is 0.481 e. The van der Waals surface area contributed by atoms with Crippen LogP contribution in [0.25, 0.3) is 0 Å². The van der Waals surface area contributed by atoms with E-state index in [1.54, 1.807) is 4.90 Å². The predicted molar refractivity (Wildman–Crippen MR) is 62.5 cm³/mol. The van der Waals surface area contributed by atoms with E-state index in [4.69, 9.17) is 5.11 Å². The zero-order valence-electron chi connectivity index (χ0n) is 10.2. The minimum Gasteiger partial charge on any atom is -0.481 e. The van der Waals surface area contributed by atoms with Gasteiger partial charge in [0.25, 0.3) is 0 Å². The maximum Gasteiger partial charge on any atom is 0.308 e. The molecule has 17 heavy (non-hydrogen) atoms. The predicted octanol–water partition coefficient (Wildman–Crippen LogP) is 0.165. The highest BCUT2D eigenvalue weighted by molar-refractivity contribution is 5.81. The number of carbonyl (C=O) groups excluding carboxylic acids is 1. The number of aliphatic carboxylic acids is 1. The van der Waals surface area contributed by atoms with Crippen molar-refractivity contribution in [2.45, 2.75) is 19.8 Å². The lowest BCUT2D eigenvalue weighted by Crippen LogP contribution is -2.40. The summed E-state index contributed by atoms with van der Waals surface area (Å²) in [7, 11) is 0. The Labute approximate surface area is 101 Å². The van der Waals surface area contributed by atoms with Crippen molar-refractivity contribution in [3.8, 4) is 0 Å². The average molecular weight is 240 g/mol. The molecule has 0 aromatic rings. The van der Waals surface area contributed by atoms with Crippen LogP contribution in [0.15, 0.2) is 0 Å². The fraction of sp³-hybridized carbons (Fsp3) is 0.833. The van der Waals surface area contributed by atoms with E-state index < -0.39 is 5.97 Å². The van der Waals surface area contributed by atoms with Crippen LogP contribution in [-0.2, 0) is 9.59 Å². The molecule has 5 nitrogen and oxygen atoms in total. The van der Waals surface area contributed by atoms with Crippen molar-refractivity contribution in [3.05, 3.63) is 0 Å². The molecule has 2 N–H and O–H groups in total. The molecular formula is C12H20N2O3. The molecule has 0 aromatic heterocycles. The van der Waals surface area contributed by atoms with Crippen LogP contribution in [0.2, 0.25) is 0 Å². The van der Waals surface area contributed by atoms with Crippen LogP contribution in [0.3, 0.4) is 0 Å². The number of likely N-dealkylation sites (tertiary alicyclic amines) is 1. The Balaban J connectivity index is 1.94. The molecule has 0 bridgehead atoms. The van der Waals surface area contributed by atoms with Gasteiger partial charge in [-0.05, 0) is 31.8 Å². The molecule has 5 heteroatoms. The molecule has 0 aliphatic carbocycles. The third kappa shape index (κ3) is 2.60. The Hall–Kier alpha value is -1.10. The second-order valence-electron chi connectivity index (χ2n) is 5.19. The van der Waals surface area contributed by atoms with Gasteiger partial charge in [-0.2, -0.15) is 0 Å². The highest BCUT2D eigenvalue weighted by Crippen LogP contribution is 2.26. The van der Waals surface area contributed by atoms with Crippen LogP contribution < -0.4 is 5.32 Å². The van der Waals surface area contributed by atoms with Gasteiger partial charge < -0.3 is 15.3 Å². The lowest BCUT2D eigenvalue weighted by Gasteiger charge is -2.26. The molecular weight excluding hydrogens is 220 g/mol. The van der Waals surface area contributed by atoms with Crippen LogP contribution in [0.4, 0.5) is 0 Å². The molecule has 2 aliphatic heterocycles. The molecule has 2 fully saturated rings. The minimum absolute atomic E-state index is 0.0677. The van der Waals surface area contributed by atoms with Gasteiger partial charge in [-0.3, -0.25) is 9.59 Å². The van der Waals surface area contributed by atoms with Crippen molar-refractivity contribution in [3.63, 3.8) is 0 Å². The zero-order valence-corrected chi connectivity index (χ0v) is 10.2. The molecule has 1 amide bonds. The number of hydrogen-bond acceptors (Lipinski definition) is 3. The van der Waals surface area contributed by atoms with E-state index in [1.165, 1.54) is 0 Å². The van der Waals surface area contributed by atoms with Crippen molar-refractivity contribution in [1.82, 2.24) is 10.2 Å². The van der Waals surface area contributed by atoms with Gasteiger partial charge in [0, 0.05) is 19.0 Å². The van der Waals surface area contributed by atoms with Crippen molar-refractivity contribution < 1.29 is 14.7 Å². The lowest BCUT2D eigenvalue weighted by atomic mass is 9.97.